The van der Waals surface area contributed by atoms with Crippen molar-refractivity contribution in [3.8, 4) is 0 Å². The smallest absolute Gasteiger partial charge is 0.357 e. The molecule has 6 heteroatoms. The molecule has 0 aliphatic rings. The number of halogens is 3. The largest absolute Gasteiger partial charge is 0.390 e. The quantitative estimate of drug-likeness (QED) is 0.549. The molecule has 18 heavy (non-hydrogen) atoms. The first kappa shape index (κ1) is 17.1. The molecule has 0 fully saturated rings. The van der Waals surface area contributed by atoms with Crippen molar-refractivity contribution in [1.82, 2.24) is 10.6 Å². The van der Waals surface area contributed by atoms with Crippen LogP contribution in [0.2, 0.25) is 0 Å². The van der Waals surface area contributed by atoms with Crippen molar-refractivity contribution in [3.05, 3.63) is 0 Å². The Morgan fingerprint density at radius 3 is 2.17 bits per heavy atom. The van der Waals surface area contributed by atoms with E-state index < -0.39 is 12.6 Å². The van der Waals surface area contributed by atoms with Gasteiger partial charge in [0.15, 0.2) is 5.96 Å². The highest BCUT2D eigenvalue weighted by atomic mass is 19.4. The van der Waals surface area contributed by atoms with Gasteiger partial charge in [-0.2, -0.15) is 13.2 Å². The molecule has 0 bridgehead atoms. The second kappa shape index (κ2) is 9.05. The zero-order chi connectivity index (χ0) is 14.0. The lowest BCUT2D eigenvalue weighted by molar-refractivity contribution is -0.132. The van der Waals surface area contributed by atoms with Crippen LogP contribution in [-0.4, -0.2) is 31.8 Å². The Bertz CT molecular complexity index is 235. The molecular formula is C12H24F3N3. The molecule has 3 nitrogen and oxygen atoms in total. The summed E-state index contributed by atoms with van der Waals surface area (Å²) in [7, 11) is 0. The zero-order valence-corrected chi connectivity index (χ0v) is 11.4. The highest BCUT2D eigenvalue weighted by Gasteiger charge is 2.26. The third-order valence-electron chi connectivity index (χ3n) is 2.71. The maximum Gasteiger partial charge on any atom is 0.390 e. The van der Waals surface area contributed by atoms with Gasteiger partial charge in [-0.05, 0) is 12.8 Å². The van der Waals surface area contributed by atoms with Crippen molar-refractivity contribution in [1.29, 1.82) is 0 Å². The SMILES string of the molecule is CCNC(=NCC(CC)CC)NCCC(F)(F)F. The van der Waals surface area contributed by atoms with Crippen LogP contribution in [0.4, 0.5) is 13.2 Å². The minimum absolute atomic E-state index is 0.141. The molecule has 0 rings (SSSR count). The van der Waals surface area contributed by atoms with Gasteiger partial charge in [-0.15, -0.1) is 0 Å². The topological polar surface area (TPSA) is 36.4 Å². The number of alkyl halides is 3. The molecule has 108 valence electrons. The minimum Gasteiger partial charge on any atom is -0.357 e. The van der Waals surface area contributed by atoms with Crippen LogP contribution in [0.25, 0.3) is 0 Å². The third kappa shape index (κ3) is 9.13. The van der Waals surface area contributed by atoms with Gasteiger partial charge < -0.3 is 10.6 Å². The Kier molecular flexibility index (Phi) is 8.58. The Morgan fingerprint density at radius 1 is 1.11 bits per heavy atom. The molecule has 0 aliphatic carbocycles. The van der Waals surface area contributed by atoms with Gasteiger partial charge in [0.25, 0.3) is 0 Å². The van der Waals surface area contributed by atoms with Crippen LogP contribution in [0, 0.1) is 5.92 Å². The number of rotatable bonds is 7. The predicted molar refractivity (Wildman–Crippen MR) is 68.7 cm³/mol. The Morgan fingerprint density at radius 2 is 1.72 bits per heavy atom. The molecule has 0 heterocycles. The first-order valence-electron chi connectivity index (χ1n) is 6.51. The predicted octanol–water partition coefficient (Wildman–Crippen LogP) is 2.93. The molecule has 0 aromatic rings. The fraction of sp³-hybridized carbons (Fsp3) is 0.917. The minimum atomic E-state index is -4.13. The van der Waals surface area contributed by atoms with Crippen molar-refractivity contribution in [2.24, 2.45) is 10.9 Å². The second-order valence-corrected chi connectivity index (χ2v) is 4.19. The van der Waals surface area contributed by atoms with Crippen LogP contribution in [-0.2, 0) is 0 Å². The van der Waals surface area contributed by atoms with E-state index in [1.54, 1.807) is 0 Å². The monoisotopic (exact) mass is 267 g/mol. The number of hydrogen-bond donors (Lipinski definition) is 2. The molecule has 0 unspecified atom stereocenters. The summed E-state index contributed by atoms with van der Waals surface area (Å²) >= 11 is 0. The van der Waals surface area contributed by atoms with Crippen molar-refractivity contribution in [3.63, 3.8) is 0 Å². The van der Waals surface area contributed by atoms with Crippen LogP contribution in [0.15, 0.2) is 4.99 Å². The summed E-state index contributed by atoms with van der Waals surface area (Å²) in [5, 5.41) is 5.64. The molecule has 0 aliphatic heterocycles. The summed E-state index contributed by atoms with van der Waals surface area (Å²) in [6.07, 6.45) is -2.91. The highest BCUT2D eigenvalue weighted by molar-refractivity contribution is 5.79. The molecule has 0 saturated carbocycles. The zero-order valence-electron chi connectivity index (χ0n) is 11.4. The standard InChI is InChI=1S/C12H24F3N3/c1-4-10(5-2)9-18-11(16-6-3)17-8-7-12(13,14)15/h10H,4-9H2,1-3H3,(H2,16,17,18). The molecule has 0 spiro atoms. The van der Waals surface area contributed by atoms with Crippen LogP contribution >= 0.6 is 0 Å². The van der Waals surface area contributed by atoms with E-state index in [0.717, 1.165) is 12.8 Å². The van der Waals surface area contributed by atoms with Crippen molar-refractivity contribution >= 4 is 5.96 Å². The Hall–Kier alpha value is -0.940. The molecule has 0 atom stereocenters. The van der Waals surface area contributed by atoms with E-state index >= 15 is 0 Å². The maximum atomic E-state index is 12.0. The number of nitrogens with one attached hydrogen (secondary N) is 2. The van der Waals surface area contributed by atoms with Gasteiger partial charge in [0.2, 0.25) is 0 Å². The first-order chi connectivity index (χ1) is 8.42. The molecule has 0 saturated heterocycles. The Balaban J connectivity index is 4.16. The van der Waals surface area contributed by atoms with Gasteiger partial charge in [0.1, 0.15) is 0 Å². The van der Waals surface area contributed by atoms with Crippen molar-refractivity contribution in [2.75, 3.05) is 19.6 Å². The summed E-state index contributed by atoms with van der Waals surface area (Å²) < 4.78 is 36.0. The fourth-order valence-corrected chi connectivity index (χ4v) is 1.43. The molecule has 0 aromatic carbocycles. The van der Waals surface area contributed by atoms with Crippen LogP contribution in [0.1, 0.15) is 40.0 Å². The first-order valence-corrected chi connectivity index (χ1v) is 6.51. The summed E-state index contributed by atoms with van der Waals surface area (Å²) in [5.41, 5.74) is 0. The summed E-state index contributed by atoms with van der Waals surface area (Å²) in [4.78, 5) is 4.30. The number of aliphatic imine (C=N–C) groups is 1. The second-order valence-electron chi connectivity index (χ2n) is 4.19. The van der Waals surface area contributed by atoms with Gasteiger partial charge in [-0.3, -0.25) is 4.99 Å². The summed E-state index contributed by atoms with van der Waals surface area (Å²) in [5.74, 6) is 0.955. The van der Waals surface area contributed by atoms with E-state index in [1.165, 1.54) is 0 Å². The van der Waals surface area contributed by atoms with Crippen molar-refractivity contribution < 1.29 is 13.2 Å². The van der Waals surface area contributed by atoms with E-state index in [9.17, 15) is 13.2 Å². The lowest BCUT2D eigenvalue weighted by atomic mass is 10.0. The summed E-state index contributed by atoms with van der Waals surface area (Å²) in [6.45, 7) is 7.22. The van der Waals surface area contributed by atoms with Gasteiger partial charge in [-0.1, -0.05) is 26.7 Å². The normalized spacial score (nSPS) is 12.9. The van der Waals surface area contributed by atoms with E-state index in [0.29, 0.717) is 25.0 Å². The van der Waals surface area contributed by atoms with Crippen molar-refractivity contribution in [2.45, 2.75) is 46.2 Å². The molecule has 0 amide bonds. The van der Waals surface area contributed by atoms with Gasteiger partial charge in [0, 0.05) is 19.6 Å². The number of hydrogen-bond acceptors (Lipinski definition) is 1. The fourth-order valence-electron chi connectivity index (χ4n) is 1.43. The molecule has 0 radical (unpaired) electrons. The lowest BCUT2D eigenvalue weighted by Gasteiger charge is -2.14. The highest BCUT2D eigenvalue weighted by Crippen LogP contribution is 2.18. The van der Waals surface area contributed by atoms with Crippen LogP contribution < -0.4 is 10.6 Å². The molecule has 2 N–H and O–H groups in total. The van der Waals surface area contributed by atoms with E-state index in [-0.39, 0.29) is 6.54 Å². The van der Waals surface area contributed by atoms with Gasteiger partial charge in [0.05, 0.1) is 6.42 Å². The van der Waals surface area contributed by atoms with Gasteiger partial charge >= 0.3 is 6.18 Å². The maximum absolute atomic E-state index is 12.0. The molecule has 0 aromatic heterocycles. The van der Waals surface area contributed by atoms with E-state index in [1.807, 2.05) is 6.92 Å². The number of nitrogens with zero attached hydrogens (tertiary/aromatic N) is 1. The number of guanidine groups is 1. The van der Waals surface area contributed by atoms with Crippen LogP contribution in [0.5, 0.6) is 0 Å². The summed E-state index contributed by atoms with van der Waals surface area (Å²) in [6, 6.07) is 0. The van der Waals surface area contributed by atoms with E-state index in [2.05, 4.69) is 29.5 Å². The third-order valence-corrected chi connectivity index (χ3v) is 2.71. The molecular weight excluding hydrogens is 243 g/mol. The van der Waals surface area contributed by atoms with Gasteiger partial charge in [-0.25, -0.2) is 0 Å². The Labute approximate surface area is 107 Å². The lowest BCUT2D eigenvalue weighted by Crippen LogP contribution is -2.39. The average Bonchev–Trinajstić information content (AvgIpc) is 2.28. The average molecular weight is 267 g/mol. The van der Waals surface area contributed by atoms with E-state index in [4.69, 9.17) is 0 Å². The van der Waals surface area contributed by atoms with Crippen LogP contribution in [0.3, 0.4) is 0 Å².